The van der Waals surface area contributed by atoms with Crippen molar-refractivity contribution in [3.05, 3.63) is 42.5 Å². The molecule has 2 aliphatic rings. The first kappa shape index (κ1) is 19.1. The van der Waals surface area contributed by atoms with Gasteiger partial charge in [-0.05, 0) is 63.0 Å². The van der Waals surface area contributed by atoms with Gasteiger partial charge >= 0.3 is 0 Å². The molecule has 30 heavy (non-hydrogen) atoms. The van der Waals surface area contributed by atoms with Crippen LogP contribution in [-0.2, 0) is 4.79 Å². The van der Waals surface area contributed by atoms with Gasteiger partial charge in [0.1, 0.15) is 0 Å². The molecular formula is C22H27N7O. The van der Waals surface area contributed by atoms with Crippen LogP contribution in [0.4, 0.5) is 0 Å². The van der Waals surface area contributed by atoms with Crippen molar-refractivity contribution in [3.8, 4) is 11.3 Å². The average Bonchev–Trinajstić information content (AvgIpc) is 3.41. The largest absolute Gasteiger partial charge is 0.339 e. The molecule has 2 saturated heterocycles. The van der Waals surface area contributed by atoms with Gasteiger partial charge in [0.15, 0.2) is 11.5 Å². The van der Waals surface area contributed by atoms with E-state index >= 15 is 0 Å². The molecule has 0 aliphatic carbocycles. The number of likely N-dealkylation sites (tertiary alicyclic amines) is 2. The molecule has 0 aromatic carbocycles. The number of hydrogen-bond donors (Lipinski definition) is 0. The number of amides is 1. The first-order valence-corrected chi connectivity index (χ1v) is 10.8. The van der Waals surface area contributed by atoms with Crippen molar-refractivity contribution in [1.82, 2.24) is 34.6 Å². The van der Waals surface area contributed by atoms with Crippen molar-refractivity contribution in [2.24, 2.45) is 0 Å². The number of aromatic nitrogens is 5. The Hall–Kier alpha value is -2.87. The quantitative estimate of drug-likeness (QED) is 0.663. The molecule has 1 amide bonds. The number of fused-ring (bicyclic) bond motifs is 1. The lowest BCUT2D eigenvalue weighted by Gasteiger charge is -2.35. The predicted molar refractivity (Wildman–Crippen MR) is 113 cm³/mol. The normalized spacial score (nSPS) is 20.8. The fourth-order valence-electron chi connectivity index (χ4n) is 4.84. The van der Waals surface area contributed by atoms with E-state index in [1.807, 2.05) is 39.9 Å². The minimum Gasteiger partial charge on any atom is -0.339 e. The van der Waals surface area contributed by atoms with Gasteiger partial charge in [0, 0.05) is 49.9 Å². The summed E-state index contributed by atoms with van der Waals surface area (Å²) < 4.78 is 1.90. The first-order chi connectivity index (χ1) is 14.7. The molecule has 156 valence electrons. The van der Waals surface area contributed by atoms with Crippen LogP contribution in [0.2, 0.25) is 0 Å². The highest BCUT2D eigenvalue weighted by atomic mass is 16.2. The molecule has 0 spiro atoms. The van der Waals surface area contributed by atoms with Crippen molar-refractivity contribution in [3.63, 3.8) is 0 Å². The highest BCUT2D eigenvalue weighted by Crippen LogP contribution is 2.29. The predicted octanol–water partition coefficient (Wildman–Crippen LogP) is 2.38. The molecular weight excluding hydrogens is 378 g/mol. The molecule has 8 nitrogen and oxygen atoms in total. The highest BCUT2D eigenvalue weighted by Gasteiger charge is 2.31. The third kappa shape index (κ3) is 3.67. The minimum absolute atomic E-state index is 0.206. The van der Waals surface area contributed by atoms with Crippen LogP contribution in [0, 0.1) is 0 Å². The molecule has 2 fully saturated rings. The summed E-state index contributed by atoms with van der Waals surface area (Å²) in [5.74, 6) is 1.50. The standard InChI is InChI=1S/C22H27N7O/c1-16(30)28-11-3-5-19(28)15-27-12-8-17(9-13-27)22-25-24-21-7-6-20(26-29(21)22)18-4-2-10-23-14-18/h2,4,6-7,10,14,17,19H,3,5,8-9,11-13,15H2,1H3. The van der Waals surface area contributed by atoms with Crippen molar-refractivity contribution < 1.29 is 4.79 Å². The second-order valence-corrected chi connectivity index (χ2v) is 8.37. The van der Waals surface area contributed by atoms with Crippen LogP contribution >= 0.6 is 0 Å². The minimum atomic E-state index is 0.206. The second-order valence-electron chi connectivity index (χ2n) is 8.37. The van der Waals surface area contributed by atoms with E-state index in [1.54, 1.807) is 13.1 Å². The summed E-state index contributed by atoms with van der Waals surface area (Å²) in [5.41, 5.74) is 2.64. The lowest BCUT2D eigenvalue weighted by atomic mass is 9.95. The summed E-state index contributed by atoms with van der Waals surface area (Å²) in [6, 6.07) is 8.24. The van der Waals surface area contributed by atoms with Gasteiger partial charge in [0.2, 0.25) is 5.91 Å². The van der Waals surface area contributed by atoms with Crippen LogP contribution in [0.25, 0.3) is 16.9 Å². The molecule has 5 rings (SSSR count). The number of carbonyl (C=O) groups excluding carboxylic acids is 1. The molecule has 0 N–H and O–H groups in total. The van der Waals surface area contributed by atoms with Crippen LogP contribution in [0.3, 0.4) is 0 Å². The van der Waals surface area contributed by atoms with Crippen molar-refractivity contribution in [1.29, 1.82) is 0 Å². The van der Waals surface area contributed by atoms with Gasteiger partial charge in [-0.3, -0.25) is 9.78 Å². The molecule has 8 heteroatoms. The molecule has 2 aliphatic heterocycles. The Balaban J connectivity index is 1.28. The Morgan fingerprint density at radius 2 is 1.97 bits per heavy atom. The Labute approximate surface area is 175 Å². The lowest BCUT2D eigenvalue weighted by Crippen LogP contribution is -2.44. The summed E-state index contributed by atoms with van der Waals surface area (Å²) in [6.45, 7) is 5.62. The summed E-state index contributed by atoms with van der Waals surface area (Å²) in [7, 11) is 0. The van der Waals surface area contributed by atoms with E-state index in [4.69, 9.17) is 5.10 Å². The molecule has 1 atom stereocenters. The maximum atomic E-state index is 11.8. The summed E-state index contributed by atoms with van der Waals surface area (Å²) >= 11 is 0. The van der Waals surface area contributed by atoms with Gasteiger partial charge in [-0.25, -0.2) is 0 Å². The number of nitrogens with zero attached hydrogens (tertiary/aromatic N) is 7. The zero-order chi connectivity index (χ0) is 20.5. The maximum Gasteiger partial charge on any atom is 0.219 e. The first-order valence-electron chi connectivity index (χ1n) is 10.8. The van der Waals surface area contributed by atoms with Gasteiger partial charge < -0.3 is 9.80 Å². The topological polar surface area (TPSA) is 79.5 Å². The third-order valence-corrected chi connectivity index (χ3v) is 6.45. The molecule has 5 heterocycles. The molecule has 0 radical (unpaired) electrons. The van der Waals surface area contributed by atoms with Crippen LogP contribution in [0.5, 0.6) is 0 Å². The molecule has 3 aromatic heterocycles. The molecule has 3 aromatic rings. The Bertz CT molecular complexity index is 1030. The van der Waals surface area contributed by atoms with Gasteiger partial charge in [-0.1, -0.05) is 0 Å². The van der Waals surface area contributed by atoms with Crippen LogP contribution in [0.1, 0.15) is 44.3 Å². The summed E-state index contributed by atoms with van der Waals surface area (Å²) in [5, 5.41) is 13.6. The van der Waals surface area contributed by atoms with Crippen molar-refractivity contribution in [2.75, 3.05) is 26.2 Å². The number of piperidine rings is 1. The van der Waals surface area contributed by atoms with E-state index < -0.39 is 0 Å². The van der Waals surface area contributed by atoms with E-state index in [2.05, 4.69) is 20.1 Å². The van der Waals surface area contributed by atoms with E-state index in [9.17, 15) is 4.79 Å². The number of carbonyl (C=O) groups is 1. The maximum absolute atomic E-state index is 11.8. The van der Waals surface area contributed by atoms with Crippen molar-refractivity contribution >= 4 is 11.6 Å². The second kappa shape index (κ2) is 8.10. The average molecular weight is 406 g/mol. The lowest BCUT2D eigenvalue weighted by molar-refractivity contribution is -0.130. The fraction of sp³-hybridized carbons (Fsp3) is 0.500. The summed E-state index contributed by atoms with van der Waals surface area (Å²) in [6.07, 6.45) is 7.90. The van der Waals surface area contributed by atoms with E-state index in [1.165, 1.54) is 0 Å². The fourth-order valence-corrected chi connectivity index (χ4v) is 4.84. The summed E-state index contributed by atoms with van der Waals surface area (Å²) in [4.78, 5) is 20.6. The number of pyridine rings is 1. The van der Waals surface area contributed by atoms with E-state index in [-0.39, 0.29) is 5.91 Å². The van der Waals surface area contributed by atoms with Gasteiger partial charge in [-0.15, -0.1) is 10.2 Å². The van der Waals surface area contributed by atoms with Crippen LogP contribution in [-0.4, -0.2) is 72.7 Å². The molecule has 0 saturated carbocycles. The van der Waals surface area contributed by atoms with Crippen molar-refractivity contribution in [2.45, 2.75) is 44.6 Å². The van der Waals surface area contributed by atoms with Gasteiger partial charge in [0.05, 0.1) is 5.69 Å². The van der Waals surface area contributed by atoms with Crippen LogP contribution in [0.15, 0.2) is 36.7 Å². The number of rotatable bonds is 4. The van der Waals surface area contributed by atoms with E-state index in [0.29, 0.717) is 12.0 Å². The third-order valence-electron chi connectivity index (χ3n) is 6.45. The SMILES string of the molecule is CC(=O)N1CCCC1CN1CCC(c2nnc3ccc(-c4cccnc4)nn23)CC1. The molecule has 1 unspecified atom stereocenters. The number of hydrogen-bond acceptors (Lipinski definition) is 6. The monoisotopic (exact) mass is 405 g/mol. The Morgan fingerprint density at radius 1 is 1.10 bits per heavy atom. The zero-order valence-corrected chi connectivity index (χ0v) is 17.3. The van der Waals surface area contributed by atoms with Gasteiger partial charge in [-0.2, -0.15) is 9.61 Å². The smallest absolute Gasteiger partial charge is 0.219 e. The highest BCUT2D eigenvalue weighted by molar-refractivity contribution is 5.73. The molecule has 0 bridgehead atoms. The van der Waals surface area contributed by atoms with Gasteiger partial charge in [0.25, 0.3) is 0 Å². The van der Waals surface area contributed by atoms with Crippen LogP contribution < -0.4 is 0 Å². The Morgan fingerprint density at radius 3 is 2.73 bits per heavy atom. The zero-order valence-electron chi connectivity index (χ0n) is 17.3. The Kier molecular flexibility index (Phi) is 5.16. The van der Waals surface area contributed by atoms with E-state index in [0.717, 1.165) is 74.6 Å².